The van der Waals surface area contributed by atoms with Crippen LogP contribution in [0.4, 0.5) is 4.39 Å². The van der Waals surface area contributed by atoms with E-state index >= 15 is 0 Å². The molecule has 0 amide bonds. The van der Waals surface area contributed by atoms with Crippen molar-refractivity contribution in [2.75, 3.05) is 6.54 Å². The van der Waals surface area contributed by atoms with Gasteiger partial charge in [-0.25, -0.2) is 22.5 Å². The predicted octanol–water partition coefficient (Wildman–Crippen LogP) is 2.23. The molecule has 0 aliphatic heterocycles. The van der Waals surface area contributed by atoms with Gasteiger partial charge >= 0.3 is 0 Å². The van der Waals surface area contributed by atoms with Crippen LogP contribution in [0.15, 0.2) is 53.7 Å². The van der Waals surface area contributed by atoms with Crippen LogP contribution in [0.2, 0.25) is 0 Å². The molecule has 23 heavy (non-hydrogen) atoms. The Morgan fingerprint density at radius 2 is 1.96 bits per heavy atom. The average molecular weight is 333 g/mol. The van der Waals surface area contributed by atoms with E-state index in [1.165, 1.54) is 12.1 Å². The monoisotopic (exact) mass is 333 g/mol. The predicted molar refractivity (Wildman–Crippen MR) is 86.0 cm³/mol. The van der Waals surface area contributed by atoms with E-state index < -0.39 is 15.8 Å². The Hall–Kier alpha value is -2.25. The van der Waals surface area contributed by atoms with Crippen LogP contribution in [-0.4, -0.2) is 24.5 Å². The molecule has 0 aliphatic carbocycles. The minimum Gasteiger partial charge on any atom is -0.335 e. The Balaban J connectivity index is 1.72. The lowest BCUT2D eigenvalue weighted by atomic mass is 10.2. The van der Waals surface area contributed by atoms with Crippen LogP contribution in [0.5, 0.6) is 0 Å². The van der Waals surface area contributed by atoms with Crippen LogP contribution < -0.4 is 4.72 Å². The van der Waals surface area contributed by atoms with E-state index in [-0.39, 0.29) is 11.4 Å². The molecule has 0 saturated heterocycles. The molecule has 1 aromatic carbocycles. The lowest BCUT2D eigenvalue weighted by Crippen LogP contribution is -2.25. The summed E-state index contributed by atoms with van der Waals surface area (Å²) in [5, 5.41) is 1.01. The van der Waals surface area contributed by atoms with Gasteiger partial charge in [-0.2, -0.15) is 0 Å². The number of halogens is 1. The molecule has 3 rings (SSSR count). The van der Waals surface area contributed by atoms with Crippen molar-refractivity contribution >= 4 is 21.1 Å². The number of nitrogens with zero attached hydrogens (tertiary/aromatic N) is 2. The summed E-state index contributed by atoms with van der Waals surface area (Å²) in [6, 6.07) is 8.58. The van der Waals surface area contributed by atoms with Crippen molar-refractivity contribution in [2.24, 2.45) is 7.05 Å². The average Bonchev–Trinajstić information content (AvgIpc) is 2.85. The summed E-state index contributed by atoms with van der Waals surface area (Å²) in [6.07, 6.45) is 4.22. The zero-order chi connectivity index (χ0) is 16.4. The van der Waals surface area contributed by atoms with Gasteiger partial charge in [0, 0.05) is 31.4 Å². The summed E-state index contributed by atoms with van der Waals surface area (Å²) in [5.74, 6) is -0.466. The highest BCUT2D eigenvalue weighted by molar-refractivity contribution is 7.89. The van der Waals surface area contributed by atoms with E-state index in [0.29, 0.717) is 6.42 Å². The molecule has 5 nitrogen and oxygen atoms in total. The lowest BCUT2D eigenvalue weighted by Gasteiger charge is -2.06. The van der Waals surface area contributed by atoms with Crippen LogP contribution in [0.25, 0.3) is 11.0 Å². The Kier molecular flexibility index (Phi) is 4.14. The summed E-state index contributed by atoms with van der Waals surface area (Å²) in [5.41, 5.74) is 1.89. The van der Waals surface area contributed by atoms with Gasteiger partial charge in [0.25, 0.3) is 0 Å². The van der Waals surface area contributed by atoms with E-state index in [2.05, 4.69) is 9.71 Å². The molecule has 7 heteroatoms. The molecular formula is C16H16FN3O2S. The van der Waals surface area contributed by atoms with E-state index in [1.807, 2.05) is 29.9 Å². The molecule has 2 heterocycles. The summed E-state index contributed by atoms with van der Waals surface area (Å²) in [6.45, 7) is 0.258. The second kappa shape index (κ2) is 6.10. The molecule has 2 aromatic heterocycles. The maximum absolute atomic E-state index is 12.9. The van der Waals surface area contributed by atoms with E-state index in [4.69, 9.17) is 0 Å². The Labute approximate surface area is 133 Å². The quantitative estimate of drug-likeness (QED) is 0.779. The number of fused-ring (bicyclic) bond motifs is 1. The third kappa shape index (κ3) is 3.25. The van der Waals surface area contributed by atoms with Crippen molar-refractivity contribution in [3.63, 3.8) is 0 Å². The number of hydrogen-bond donors (Lipinski definition) is 1. The molecule has 0 atom stereocenters. The lowest BCUT2D eigenvalue weighted by molar-refractivity contribution is 0.580. The van der Waals surface area contributed by atoms with E-state index in [0.717, 1.165) is 28.7 Å². The minimum atomic E-state index is -3.63. The zero-order valence-electron chi connectivity index (χ0n) is 12.5. The van der Waals surface area contributed by atoms with Gasteiger partial charge < -0.3 is 4.57 Å². The summed E-state index contributed by atoms with van der Waals surface area (Å²) in [4.78, 5) is 4.36. The van der Waals surface area contributed by atoms with Gasteiger partial charge in [0.2, 0.25) is 10.0 Å². The molecular weight excluding hydrogens is 317 g/mol. The van der Waals surface area contributed by atoms with Crippen molar-refractivity contribution in [3.05, 3.63) is 60.2 Å². The Morgan fingerprint density at radius 3 is 2.70 bits per heavy atom. The molecule has 0 spiro atoms. The number of rotatable bonds is 5. The fourth-order valence-corrected chi connectivity index (χ4v) is 3.54. The van der Waals surface area contributed by atoms with Crippen molar-refractivity contribution in [2.45, 2.75) is 11.3 Å². The topological polar surface area (TPSA) is 64.0 Å². The van der Waals surface area contributed by atoms with Gasteiger partial charge in [0.1, 0.15) is 11.5 Å². The first-order chi connectivity index (χ1) is 11.0. The van der Waals surface area contributed by atoms with E-state index in [1.54, 1.807) is 6.20 Å². The second-order valence-electron chi connectivity index (χ2n) is 5.24. The Morgan fingerprint density at radius 1 is 1.22 bits per heavy atom. The highest BCUT2D eigenvalue weighted by atomic mass is 32.2. The molecule has 3 aromatic rings. The number of hydrogen-bond acceptors (Lipinski definition) is 3. The standard InChI is InChI=1S/C16H16FN3O2S/c1-20-11-12(15-3-2-9-18-16(15)20)8-10-19-23(21,22)14-6-4-13(17)5-7-14/h2-7,9,11,19H,8,10H2,1H3. The van der Waals surface area contributed by atoms with Crippen molar-refractivity contribution in [1.29, 1.82) is 0 Å². The second-order valence-corrected chi connectivity index (χ2v) is 7.01. The van der Waals surface area contributed by atoms with Crippen molar-refractivity contribution in [3.8, 4) is 0 Å². The third-order valence-electron chi connectivity index (χ3n) is 3.63. The minimum absolute atomic E-state index is 0.0542. The van der Waals surface area contributed by atoms with Crippen molar-refractivity contribution in [1.82, 2.24) is 14.3 Å². The maximum Gasteiger partial charge on any atom is 0.240 e. The van der Waals surface area contributed by atoms with E-state index in [9.17, 15) is 12.8 Å². The number of aromatic nitrogens is 2. The highest BCUT2D eigenvalue weighted by Crippen LogP contribution is 2.18. The molecule has 120 valence electrons. The molecule has 0 aliphatic rings. The molecule has 0 saturated carbocycles. The van der Waals surface area contributed by atoms with Crippen LogP contribution in [-0.2, 0) is 23.5 Å². The first-order valence-corrected chi connectivity index (χ1v) is 8.60. The van der Waals surface area contributed by atoms with Gasteiger partial charge in [0.15, 0.2) is 0 Å². The van der Waals surface area contributed by atoms with Gasteiger partial charge in [-0.3, -0.25) is 0 Å². The van der Waals surface area contributed by atoms with Crippen LogP contribution in [0.1, 0.15) is 5.56 Å². The first-order valence-electron chi connectivity index (χ1n) is 7.11. The number of sulfonamides is 1. The number of pyridine rings is 1. The third-order valence-corrected chi connectivity index (χ3v) is 5.10. The SMILES string of the molecule is Cn1cc(CCNS(=O)(=O)c2ccc(F)cc2)c2cccnc21. The zero-order valence-corrected chi connectivity index (χ0v) is 13.3. The normalized spacial score (nSPS) is 11.9. The fraction of sp³-hybridized carbons (Fsp3) is 0.188. The molecule has 1 N–H and O–H groups in total. The molecule has 0 fully saturated rings. The molecule has 0 bridgehead atoms. The molecule has 0 radical (unpaired) electrons. The van der Waals surface area contributed by atoms with Crippen LogP contribution in [0.3, 0.4) is 0 Å². The maximum atomic E-state index is 12.9. The highest BCUT2D eigenvalue weighted by Gasteiger charge is 2.14. The smallest absolute Gasteiger partial charge is 0.240 e. The molecule has 0 unspecified atom stereocenters. The Bertz CT molecular complexity index is 934. The van der Waals surface area contributed by atoms with Crippen LogP contribution in [0, 0.1) is 5.82 Å². The van der Waals surface area contributed by atoms with Crippen molar-refractivity contribution < 1.29 is 12.8 Å². The summed E-state index contributed by atoms with van der Waals surface area (Å²) >= 11 is 0. The number of benzene rings is 1. The van der Waals surface area contributed by atoms with Gasteiger partial charge in [-0.05, 0) is 48.4 Å². The van der Waals surface area contributed by atoms with Gasteiger partial charge in [-0.1, -0.05) is 0 Å². The fourth-order valence-electron chi connectivity index (χ4n) is 2.51. The number of nitrogens with one attached hydrogen (secondary N) is 1. The van der Waals surface area contributed by atoms with Gasteiger partial charge in [0.05, 0.1) is 4.90 Å². The summed E-state index contributed by atoms with van der Waals surface area (Å²) in [7, 11) is -1.73. The summed E-state index contributed by atoms with van der Waals surface area (Å²) < 4.78 is 41.6. The first kappa shape index (κ1) is 15.6. The largest absolute Gasteiger partial charge is 0.335 e. The van der Waals surface area contributed by atoms with Crippen LogP contribution >= 0.6 is 0 Å². The number of aryl methyl sites for hydroxylation is 1. The van der Waals surface area contributed by atoms with Gasteiger partial charge in [-0.15, -0.1) is 0 Å².